The van der Waals surface area contributed by atoms with E-state index in [1.54, 1.807) is 7.11 Å². The number of hydrogen-bond donors (Lipinski definition) is 0. The third kappa shape index (κ3) is 8.49. The van der Waals surface area contributed by atoms with Gasteiger partial charge in [0.25, 0.3) is 0 Å². The maximum Gasteiger partial charge on any atom is 0.248 e. The molecule has 1 saturated heterocycles. The molecule has 0 radical (unpaired) electrons. The maximum absolute atomic E-state index is 12.6. The van der Waals surface area contributed by atoms with Gasteiger partial charge in [-0.1, -0.05) is 45.0 Å². The molecule has 8 nitrogen and oxygen atoms in total. The number of methoxy groups -OCH3 is 1. The highest BCUT2D eigenvalue weighted by molar-refractivity contribution is 5.77. The van der Waals surface area contributed by atoms with Gasteiger partial charge in [0, 0.05) is 39.4 Å². The number of nitrogens with zero attached hydrogens (tertiary/aromatic N) is 2. The van der Waals surface area contributed by atoms with Crippen molar-refractivity contribution in [1.82, 2.24) is 9.80 Å². The number of carbonyl (C=O) groups excluding carboxylic acids is 1. The Morgan fingerprint density at radius 2 is 1.83 bits per heavy atom. The van der Waals surface area contributed by atoms with E-state index in [4.69, 9.17) is 18.6 Å². The first-order chi connectivity index (χ1) is 16.8. The fourth-order valence-electron chi connectivity index (χ4n) is 3.88. The van der Waals surface area contributed by atoms with Gasteiger partial charge in [0.05, 0.1) is 19.8 Å². The zero-order valence-electron chi connectivity index (χ0n) is 21.4. The van der Waals surface area contributed by atoms with Crippen molar-refractivity contribution in [1.29, 1.82) is 0 Å². The van der Waals surface area contributed by atoms with Crippen LogP contribution in [0.3, 0.4) is 0 Å². The van der Waals surface area contributed by atoms with Crippen molar-refractivity contribution in [2.24, 2.45) is 0 Å². The Hall–Kier alpha value is -2.68. The van der Waals surface area contributed by atoms with Crippen molar-refractivity contribution >= 4 is 5.91 Å². The van der Waals surface area contributed by atoms with E-state index in [0.29, 0.717) is 51.8 Å². The molecule has 1 aliphatic heterocycles. The Labute approximate surface area is 207 Å². The van der Waals surface area contributed by atoms with Crippen LogP contribution in [0.4, 0.5) is 0 Å². The summed E-state index contributed by atoms with van der Waals surface area (Å²) in [6.07, 6.45) is 2.25. The van der Waals surface area contributed by atoms with Crippen LogP contribution in [0, 0.1) is 0 Å². The van der Waals surface area contributed by atoms with Crippen LogP contribution in [-0.2, 0) is 32.8 Å². The molecule has 2 aromatic rings. The summed E-state index contributed by atoms with van der Waals surface area (Å²) in [4.78, 5) is 28.9. The number of hydrogen-bond acceptors (Lipinski definition) is 7. The number of amides is 1. The maximum atomic E-state index is 12.6. The molecule has 0 bridgehead atoms. The van der Waals surface area contributed by atoms with Gasteiger partial charge in [0.2, 0.25) is 17.1 Å². The summed E-state index contributed by atoms with van der Waals surface area (Å²) in [5, 5.41) is 0. The standard InChI is InChI=1S/C27H38N2O6/c1-27(2,3)22-8-6-21(7-9-22)18-35-25-19-34-23(16-24(25)30)17-28-10-5-11-29(13-12-28)26(31)20-33-15-14-32-4/h6-9,16,19H,5,10-15,17-18,20H2,1-4H3. The molecular weight excluding hydrogens is 448 g/mol. The first kappa shape index (κ1) is 26.9. The van der Waals surface area contributed by atoms with E-state index < -0.39 is 0 Å². The van der Waals surface area contributed by atoms with E-state index >= 15 is 0 Å². The molecule has 0 spiro atoms. The number of carbonyl (C=O) groups is 1. The minimum absolute atomic E-state index is 0.0102. The zero-order chi connectivity index (χ0) is 25.3. The first-order valence-corrected chi connectivity index (χ1v) is 12.2. The highest BCUT2D eigenvalue weighted by Gasteiger charge is 2.20. The summed E-state index contributed by atoms with van der Waals surface area (Å²) >= 11 is 0. The second-order valence-electron chi connectivity index (χ2n) is 9.87. The van der Waals surface area contributed by atoms with Crippen molar-refractivity contribution in [2.45, 2.75) is 45.8 Å². The van der Waals surface area contributed by atoms with Crippen LogP contribution < -0.4 is 10.2 Å². The zero-order valence-corrected chi connectivity index (χ0v) is 21.4. The van der Waals surface area contributed by atoms with Gasteiger partial charge < -0.3 is 23.5 Å². The molecule has 1 aromatic carbocycles. The summed E-state index contributed by atoms with van der Waals surface area (Å²) in [5.74, 6) is 0.776. The van der Waals surface area contributed by atoms with Crippen molar-refractivity contribution in [3.63, 3.8) is 0 Å². The second kappa shape index (κ2) is 12.9. The minimum atomic E-state index is -0.197. The SMILES string of the molecule is COCCOCC(=O)N1CCCN(Cc2cc(=O)c(OCc3ccc(C(C)(C)C)cc3)co2)CC1. The van der Waals surface area contributed by atoms with Gasteiger partial charge in [-0.3, -0.25) is 14.5 Å². The van der Waals surface area contributed by atoms with Crippen molar-refractivity contribution < 1.29 is 23.4 Å². The molecule has 35 heavy (non-hydrogen) atoms. The van der Waals surface area contributed by atoms with Crippen LogP contribution in [-0.4, -0.2) is 68.8 Å². The lowest BCUT2D eigenvalue weighted by molar-refractivity contribution is -0.136. The van der Waals surface area contributed by atoms with Crippen LogP contribution in [0.25, 0.3) is 0 Å². The van der Waals surface area contributed by atoms with Gasteiger partial charge in [-0.2, -0.15) is 0 Å². The summed E-state index contributed by atoms with van der Waals surface area (Å²) < 4.78 is 21.7. The predicted octanol–water partition coefficient (Wildman–Crippen LogP) is 3.21. The second-order valence-corrected chi connectivity index (χ2v) is 9.87. The van der Waals surface area contributed by atoms with Crippen LogP contribution >= 0.6 is 0 Å². The highest BCUT2D eigenvalue weighted by atomic mass is 16.5. The highest BCUT2D eigenvalue weighted by Crippen LogP contribution is 2.22. The average molecular weight is 487 g/mol. The van der Waals surface area contributed by atoms with Gasteiger partial charge in [-0.15, -0.1) is 0 Å². The summed E-state index contributed by atoms with van der Waals surface area (Å²) in [5.41, 5.74) is 2.14. The molecule has 1 amide bonds. The van der Waals surface area contributed by atoms with Gasteiger partial charge in [0.15, 0.2) is 0 Å². The lowest BCUT2D eigenvalue weighted by Crippen LogP contribution is -2.37. The fourth-order valence-corrected chi connectivity index (χ4v) is 3.88. The summed E-state index contributed by atoms with van der Waals surface area (Å²) in [6, 6.07) is 9.73. The Balaban J connectivity index is 1.48. The monoisotopic (exact) mass is 486 g/mol. The van der Waals surface area contributed by atoms with E-state index in [1.807, 2.05) is 17.0 Å². The van der Waals surface area contributed by atoms with Gasteiger partial charge in [-0.25, -0.2) is 0 Å². The lowest BCUT2D eigenvalue weighted by atomic mass is 9.87. The molecule has 1 aromatic heterocycles. The van der Waals surface area contributed by atoms with Crippen molar-refractivity contribution in [2.75, 3.05) is 53.1 Å². The Kier molecular flexibility index (Phi) is 9.89. The molecule has 2 heterocycles. The third-order valence-electron chi connectivity index (χ3n) is 6.04. The van der Waals surface area contributed by atoms with Crippen molar-refractivity contribution in [3.05, 3.63) is 63.7 Å². The first-order valence-electron chi connectivity index (χ1n) is 12.2. The molecule has 0 saturated carbocycles. The lowest BCUT2D eigenvalue weighted by Gasteiger charge is -2.21. The molecule has 0 unspecified atom stereocenters. The van der Waals surface area contributed by atoms with Gasteiger partial charge >= 0.3 is 0 Å². The Bertz CT molecular complexity index is 996. The van der Waals surface area contributed by atoms with E-state index in [-0.39, 0.29) is 29.1 Å². The molecule has 8 heteroatoms. The van der Waals surface area contributed by atoms with E-state index in [0.717, 1.165) is 18.5 Å². The van der Waals surface area contributed by atoms with Crippen LogP contribution in [0.1, 0.15) is 44.1 Å². The third-order valence-corrected chi connectivity index (χ3v) is 6.04. The van der Waals surface area contributed by atoms with Gasteiger partial charge in [-0.05, 0) is 23.0 Å². The van der Waals surface area contributed by atoms with Crippen molar-refractivity contribution in [3.8, 4) is 5.75 Å². The van der Waals surface area contributed by atoms with E-state index in [2.05, 4.69) is 37.8 Å². The largest absolute Gasteiger partial charge is 0.482 e. The van der Waals surface area contributed by atoms with E-state index in [1.165, 1.54) is 17.9 Å². The molecular formula is C27H38N2O6. The van der Waals surface area contributed by atoms with E-state index in [9.17, 15) is 9.59 Å². The number of rotatable bonds is 10. The normalized spacial score (nSPS) is 15.1. The molecule has 0 N–H and O–H groups in total. The Morgan fingerprint density at radius 1 is 1.06 bits per heavy atom. The molecule has 1 fully saturated rings. The summed E-state index contributed by atoms with van der Waals surface area (Å²) in [6.45, 7) is 11.1. The number of benzene rings is 1. The van der Waals surface area contributed by atoms with Crippen LogP contribution in [0.2, 0.25) is 0 Å². The molecule has 192 valence electrons. The molecule has 0 atom stereocenters. The summed E-state index contributed by atoms with van der Waals surface area (Å²) in [7, 11) is 1.60. The van der Waals surface area contributed by atoms with Crippen LogP contribution in [0.15, 0.2) is 45.8 Å². The molecule has 0 aliphatic carbocycles. The predicted molar refractivity (Wildman–Crippen MR) is 134 cm³/mol. The fraction of sp³-hybridized carbons (Fsp3) is 0.556. The van der Waals surface area contributed by atoms with Gasteiger partial charge in [0.1, 0.15) is 25.2 Å². The average Bonchev–Trinajstić information content (AvgIpc) is 3.06. The smallest absolute Gasteiger partial charge is 0.248 e. The topological polar surface area (TPSA) is 81.5 Å². The molecule has 1 aliphatic rings. The minimum Gasteiger partial charge on any atom is -0.482 e. The Morgan fingerprint density at radius 3 is 2.51 bits per heavy atom. The molecule has 3 rings (SSSR count). The quantitative estimate of drug-likeness (QED) is 0.477. The van der Waals surface area contributed by atoms with Crippen LogP contribution in [0.5, 0.6) is 5.75 Å². The number of ether oxygens (including phenoxy) is 3.